The molecule has 1 aliphatic carbocycles. The molecular formula is C12H20N2OS. The largest absolute Gasteiger partial charge is 0.398 e. The van der Waals surface area contributed by atoms with Crippen LogP contribution in [0.5, 0.6) is 0 Å². The summed E-state index contributed by atoms with van der Waals surface area (Å²) >= 11 is 1.68. The third kappa shape index (κ3) is 2.56. The smallest absolute Gasteiger partial charge is 0.0613 e. The maximum atomic E-state index is 9.55. The Morgan fingerprint density at radius 2 is 2.12 bits per heavy atom. The zero-order valence-electron chi connectivity index (χ0n) is 9.54. The summed E-state index contributed by atoms with van der Waals surface area (Å²) in [5.74, 6) is 0. The minimum absolute atomic E-state index is 0.0608. The van der Waals surface area contributed by atoms with Crippen molar-refractivity contribution in [3.05, 3.63) is 16.3 Å². The van der Waals surface area contributed by atoms with Crippen LogP contribution in [0.1, 0.15) is 37.0 Å². The lowest BCUT2D eigenvalue weighted by Crippen LogP contribution is -2.49. The molecule has 0 amide bonds. The van der Waals surface area contributed by atoms with Gasteiger partial charge in [-0.15, -0.1) is 11.3 Å². The molecule has 1 fully saturated rings. The molecule has 1 aromatic rings. The highest BCUT2D eigenvalue weighted by Gasteiger charge is 2.30. The predicted molar refractivity (Wildman–Crippen MR) is 68.5 cm³/mol. The number of aliphatic hydroxyl groups excluding tert-OH is 1. The Hall–Kier alpha value is -0.580. The average Bonchev–Trinajstić information content (AvgIpc) is 2.74. The Morgan fingerprint density at radius 3 is 2.69 bits per heavy atom. The Bertz CT molecular complexity index is 332. The number of rotatable bonds is 4. The van der Waals surface area contributed by atoms with Gasteiger partial charge in [-0.2, -0.15) is 0 Å². The second-order valence-corrected chi connectivity index (χ2v) is 5.65. The Morgan fingerprint density at radius 1 is 1.38 bits per heavy atom. The van der Waals surface area contributed by atoms with Crippen molar-refractivity contribution in [1.29, 1.82) is 0 Å². The standard InChI is InChI=1S/C12H20N2OS/c13-10-4-7-16-11(10)8-14-12(9-15)5-2-1-3-6-12/h4,7,14-15H,1-3,5-6,8-9,13H2. The molecule has 1 saturated carbocycles. The van der Waals surface area contributed by atoms with Crippen LogP contribution in [0.25, 0.3) is 0 Å². The SMILES string of the molecule is Nc1ccsc1CNC1(CO)CCCCC1. The van der Waals surface area contributed by atoms with Crippen molar-refractivity contribution >= 4 is 17.0 Å². The van der Waals surface area contributed by atoms with Gasteiger partial charge in [0.05, 0.1) is 6.61 Å². The van der Waals surface area contributed by atoms with E-state index in [1.54, 1.807) is 11.3 Å². The molecule has 4 N–H and O–H groups in total. The van der Waals surface area contributed by atoms with Gasteiger partial charge in [0.25, 0.3) is 0 Å². The van der Waals surface area contributed by atoms with Crippen molar-refractivity contribution < 1.29 is 5.11 Å². The normalized spacial score (nSPS) is 19.8. The molecule has 0 atom stereocenters. The molecule has 1 aromatic heterocycles. The van der Waals surface area contributed by atoms with Crippen molar-refractivity contribution in [2.24, 2.45) is 0 Å². The summed E-state index contributed by atoms with van der Waals surface area (Å²) in [6.07, 6.45) is 5.88. The highest BCUT2D eigenvalue weighted by molar-refractivity contribution is 7.10. The van der Waals surface area contributed by atoms with E-state index in [9.17, 15) is 5.11 Å². The zero-order valence-corrected chi connectivity index (χ0v) is 10.4. The van der Waals surface area contributed by atoms with Gasteiger partial charge in [0.1, 0.15) is 0 Å². The molecule has 0 spiro atoms. The molecular weight excluding hydrogens is 220 g/mol. The fourth-order valence-corrected chi connectivity index (χ4v) is 3.12. The van der Waals surface area contributed by atoms with Gasteiger partial charge in [-0.1, -0.05) is 19.3 Å². The number of anilines is 1. The minimum atomic E-state index is -0.0608. The first kappa shape index (κ1) is 11.9. The lowest BCUT2D eigenvalue weighted by Gasteiger charge is -2.36. The van der Waals surface area contributed by atoms with Crippen molar-refractivity contribution in [1.82, 2.24) is 5.32 Å². The summed E-state index contributed by atoms with van der Waals surface area (Å²) in [6.45, 7) is 1.02. The Kier molecular flexibility index (Phi) is 3.84. The summed E-state index contributed by atoms with van der Waals surface area (Å²) in [6, 6.07) is 1.94. The van der Waals surface area contributed by atoms with Crippen LogP contribution < -0.4 is 11.1 Å². The van der Waals surface area contributed by atoms with Gasteiger partial charge in [0.15, 0.2) is 0 Å². The molecule has 2 rings (SSSR count). The quantitative estimate of drug-likeness (QED) is 0.755. The van der Waals surface area contributed by atoms with E-state index in [-0.39, 0.29) is 12.1 Å². The van der Waals surface area contributed by atoms with E-state index in [1.165, 1.54) is 24.1 Å². The Labute approximate surface area is 101 Å². The van der Waals surface area contributed by atoms with Gasteiger partial charge in [-0.05, 0) is 24.3 Å². The van der Waals surface area contributed by atoms with Gasteiger partial charge in [-0.3, -0.25) is 0 Å². The summed E-state index contributed by atoms with van der Waals surface area (Å²) in [7, 11) is 0. The third-order valence-corrected chi connectivity index (χ3v) is 4.45. The van der Waals surface area contributed by atoms with Crippen LogP contribution in [0.3, 0.4) is 0 Å². The van der Waals surface area contributed by atoms with E-state index in [2.05, 4.69) is 5.32 Å². The van der Waals surface area contributed by atoms with Crippen LogP contribution in [0.4, 0.5) is 5.69 Å². The molecule has 1 aliphatic rings. The summed E-state index contributed by atoms with van der Waals surface area (Å²) in [4.78, 5) is 1.18. The van der Waals surface area contributed by atoms with Gasteiger partial charge in [0.2, 0.25) is 0 Å². The van der Waals surface area contributed by atoms with Crippen LogP contribution in [0.15, 0.2) is 11.4 Å². The van der Waals surface area contributed by atoms with Crippen molar-refractivity contribution in [3.8, 4) is 0 Å². The molecule has 4 heteroatoms. The summed E-state index contributed by atoms with van der Waals surface area (Å²) in [5, 5.41) is 15.1. The number of nitrogens with two attached hydrogens (primary N) is 1. The second-order valence-electron chi connectivity index (χ2n) is 4.65. The summed E-state index contributed by atoms with van der Waals surface area (Å²) in [5.41, 5.74) is 6.65. The topological polar surface area (TPSA) is 58.3 Å². The zero-order chi connectivity index (χ0) is 11.4. The molecule has 3 nitrogen and oxygen atoms in total. The van der Waals surface area contributed by atoms with E-state index in [1.807, 2.05) is 11.4 Å². The van der Waals surface area contributed by atoms with E-state index in [4.69, 9.17) is 5.73 Å². The van der Waals surface area contributed by atoms with Crippen molar-refractivity contribution in [3.63, 3.8) is 0 Å². The molecule has 0 radical (unpaired) electrons. The number of thiophene rings is 1. The van der Waals surface area contributed by atoms with E-state index >= 15 is 0 Å². The Balaban J connectivity index is 1.94. The van der Waals surface area contributed by atoms with Gasteiger partial charge in [-0.25, -0.2) is 0 Å². The molecule has 0 unspecified atom stereocenters. The molecule has 90 valence electrons. The monoisotopic (exact) mass is 240 g/mol. The molecule has 0 bridgehead atoms. The second kappa shape index (κ2) is 5.17. The van der Waals surface area contributed by atoms with E-state index in [0.717, 1.165) is 25.1 Å². The summed E-state index contributed by atoms with van der Waals surface area (Å²) < 4.78 is 0. The lowest BCUT2D eigenvalue weighted by molar-refractivity contribution is 0.120. The highest BCUT2D eigenvalue weighted by Crippen LogP contribution is 2.29. The maximum Gasteiger partial charge on any atom is 0.0613 e. The van der Waals surface area contributed by atoms with Gasteiger partial charge >= 0.3 is 0 Å². The van der Waals surface area contributed by atoms with E-state index < -0.39 is 0 Å². The minimum Gasteiger partial charge on any atom is -0.398 e. The fraction of sp³-hybridized carbons (Fsp3) is 0.667. The van der Waals surface area contributed by atoms with Gasteiger partial charge in [0, 0.05) is 22.6 Å². The molecule has 1 heterocycles. The third-order valence-electron chi connectivity index (χ3n) is 3.52. The van der Waals surface area contributed by atoms with Gasteiger partial charge < -0.3 is 16.2 Å². The first-order valence-corrected chi connectivity index (χ1v) is 6.81. The number of hydrogen-bond donors (Lipinski definition) is 3. The predicted octanol–water partition coefficient (Wildman–Crippen LogP) is 2.12. The van der Waals surface area contributed by atoms with Crippen LogP contribution >= 0.6 is 11.3 Å². The van der Waals surface area contributed by atoms with Crippen LogP contribution in [-0.2, 0) is 6.54 Å². The molecule has 0 saturated heterocycles. The van der Waals surface area contributed by atoms with Crippen LogP contribution in [0, 0.1) is 0 Å². The maximum absolute atomic E-state index is 9.55. The number of nitrogen functional groups attached to an aromatic ring is 1. The molecule has 0 aliphatic heterocycles. The van der Waals surface area contributed by atoms with E-state index in [0.29, 0.717) is 0 Å². The van der Waals surface area contributed by atoms with Crippen LogP contribution in [-0.4, -0.2) is 17.3 Å². The number of aliphatic hydroxyl groups is 1. The highest BCUT2D eigenvalue weighted by atomic mass is 32.1. The van der Waals surface area contributed by atoms with Crippen molar-refractivity contribution in [2.45, 2.75) is 44.2 Å². The number of hydrogen-bond acceptors (Lipinski definition) is 4. The molecule has 16 heavy (non-hydrogen) atoms. The first-order chi connectivity index (χ1) is 7.76. The molecule has 0 aromatic carbocycles. The number of nitrogens with one attached hydrogen (secondary N) is 1. The fourth-order valence-electron chi connectivity index (χ4n) is 2.38. The first-order valence-electron chi connectivity index (χ1n) is 5.93. The lowest BCUT2D eigenvalue weighted by atomic mass is 9.82. The average molecular weight is 240 g/mol. The van der Waals surface area contributed by atoms with Crippen molar-refractivity contribution in [2.75, 3.05) is 12.3 Å². The van der Waals surface area contributed by atoms with Crippen LogP contribution in [0.2, 0.25) is 0 Å².